The number of hydrogen-bond donors (Lipinski definition) is 1. The molecule has 0 amide bonds. The molecule has 1 aliphatic rings. The molecule has 6 heteroatoms. The first-order valence-electron chi connectivity index (χ1n) is 7.56. The molecule has 1 saturated heterocycles. The van der Waals surface area contributed by atoms with Gasteiger partial charge in [0.05, 0.1) is 0 Å². The molecular weight excluding hydrogens is 304 g/mol. The van der Waals surface area contributed by atoms with Crippen LogP contribution in [0.25, 0.3) is 0 Å². The number of thiophene rings is 1. The normalized spacial score (nSPS) is 19.2. The van der Waals surface area contributed by atoms with Gasteiger partial charge >= 0.3 is 0 Å². The number of nitrogens with zero attached hydrogens (tertiary/aromatic N) is 1. The Morgan fingerprint density at radius 3 is 2.71 bits per heavy atom. The van der Waals surface area contributed by atoms with Gasteiger partial charge in [-0.05, 0) is 43.4 Å². The minimum Gasteiger partial charge on any atom is -0.312 e. The van der Waals surface area contributed by atoms with E-state index in [1.54, 1.807) is 4.31 Å². The monoisotopic (exact) mass is 330 g/mol. The minimum absolute atomic E-state index is 0.0882. The second-order valence-electron chi connectivity index (χ2n) is 6.60. The van der Waals surface area contributed by atoms with Crippen LogP contribution in [-0.4, -0.2) is 32.4 Å². The zero-order valence-corrected chi connectivity index (χ0v) is 15.0. The summed E-state index contributed by atoms with van der Waals surface area (Å²) in [5.41, 5.74) is 1.16. The lowest BCUT2D eigenvalue weighted by Gasteiger charge is -2.18. The van der Waals surface area contributed by atoms with Crippen molar-refractivity contribution in [3.63, 3.8) is 0 Å². The van der Waals surface area contributed by atoms with E-state index in [0.717, 1.165) is 36.4 Å². The Hall–Kier alpha value is -0.430. The molecule has 21 heavy (non-hydrogen) atoms. The maximum atomic E-state index is 12.7. The maximum absolute atomic E-state index is 12.7. The van der Waals surface area contributed by atoms with Crippen molar-refractivity contribution in [2.75, 3.05) is 19.6 Å². The van der Waals surface area contributed by atoms with Gasteiger partial charge in [-0.2, -0.15) is 4.31 Å². The van der Waals surface area contributed by atoms with Crippen molar-refractivity contribution in [1.29, 1.82) is 0 Å². The predicted molar refractivity (Wildman–Crippen MR) is 88.2 cm³/mol. The van der Waals surface area contributed by atoms with Crippen molar-refractivity contribution in [2.45, 2.75) is 51.3 Å². The van der Waals surface area contributed by atoms with Crippen LogP contribution in [-0.2, 0) is 16.6 Å². The lowest BCUT2D eigenvalue weighted by atomic mass is 9.93. The minimum atomic E-state index is -3.32. The van der Waals surface area contributed by atoms with Crippen LogP contribution in [0, 0.1) is 12.3 Å². The molecule has 0 aromatic carbocycles. The highest BCUT2D eigenvalue weighted by Gasteiger charge is 2.37. The highest BCUT2D eigenvalue weighted by atomic mass is 32.2. The summed E-state index contributed by atoms with van der Waals surface area (Å²) in [7, 11) is -3.32. The Bertz CT molecular complexity index is 591. The molecule has 2 heterocycles. The summed E-state index contributed by atoms with van der Waals surface area (Å²) >= 11 is 1.41. The Morgan fingerprint density at radius 1 is 1.43 bits per heavy atom. The predicted octanol–water partition coefficient (Wildman–Crippen LogP) is 2.98. The van der Waals surface area contributed by atoms with Gasteiger partial charge in [-0.25, -0.2) is 8.42 Å². The summed E-state index contributed by atoms with van der Waals surface area (Å²) in [5.74, 6) is 0. The van der Waals surface area contributed by atoms with Gasteiger partial charge in [-0.15, -0.1) is 11.3 Å². The van der Waals surface area contributed by atoms with Crippen LogP contribution >= 0.6 is 11.3 Å². The van der Waals surface area contributed by atoms with E-state index in [2.05, 4.69) is 26.1 Å². The Kier molecular flexibility index (Phi) is 5.13. The molecule has 0 saturated carbocycles. The van der Waals surface area contributed by atoms with Gasteiger partial charge in [0.15, 0.2) is 0 Å². The van der Waals surface area contributed by atoms with E-state index >= 15 is 0 Å². The summed E-state index contributed by atoms with van der Waals surface area (Å²) in [6.45, 7) is 11.3. The molecule has 1 N–H and O–H groups in total. The fourth-order valence-corrected chi connectivity index (χ4v) is 5.91. The molecular formula is C15H26N2O2S2. The van der Waals surface area contributed by atoms with Crippen molar-refractivity contribution < 1.29 is 8.42 Å². The van der Waals surface area contributed by atoms with Crippen LogP contribution < -0.4 is 5.32 Å². The third kappa shape index (κ3) is 3.86. The quantitative estimate of drug-likeness (QED) is 0.816. The largest absolute Gasteiger partial charge is 0.312 e. The van der Waals surface area contributed by atoms with Gasteiger partial charge < -0.3 is 5.32 Å². The molecule has 0 aliphatic carbocycles. The van der Waals surface area contributed by atoms with E-state index in [1.165, 1.54) is 11.3 Å². The molecule has 0 bridgehead atoms. The molecule has 2 rings (SSSR count). The Balaban J connectivity index is 2.16. The third-order valence-corrected chi connectivity index (χ3v) is 7.48. The van der Waals surface area contributed by atoms with Crippen LogP contribution in [0.1, 0.15) is 44.1 Å². The van der Waals surface area contributed by atoms with Gasteiger partial charge in [-0.1, -0.05) is 20.8 Å². The summed E-state index contributed by atoms with van der Waals surface area (Å²) in [4.78, 5) is 1.13. The Labute approximate surface area is 132 Å². The number of sulfonamides is 1. The Morgan fingerprint density at radius 2 is 2.14 bits per heavy atom. The smallest absolute Gasteiger partial charge is 0.252 e. The van der Waals surface area contributed by atoms with Gasteiger partial charge in [-0.3, -0.25) is 0 Å². The molecule has 0 atom stereocenters. The molecule has 0 spiro atoms. The van der Waals surface area contributed by atoms with Crippen molar-refractivity contribution in [3.8, 4) is 0 Å². The van der Waals surface area contributed by atoms with E-state index in [9.17, 15) is 8.42 Å². The second-order valence-corrected chi connectivity index (χ2v) is 9.90. The first-order valence-corrected chi connectivity index (χ1v) is 9.82. The van der Waals surface area contributed by atoms with E-state index in [-0.39, 0.29) is 5.41 Å². The van der Waals surface area contributed by atoms with Gasteiger partial charge in [0.2, 0.25) is 0 Å². The lowest BCUT2D eigenvalue weighted by molar-refractivity contribution is 0.376. The van der Waals surface area contributed by atoms with Crippen molar-refractivity contribution in [2.24, 2.45) is 5.41 Å². The molecule has 0 unspecified atom stereocenters. The zero-order chi connectivity index (χ0) is 15.7. The summed E-state index contributed by atoms with van der Waals surface area (Å²) in [6.07, 6.45) is 2.01. The highest BCUT2D eigenvalue weighted by Crippen LogP contribution is 2.35. The molecule has 0 radical (unpaired) electrons. The number of rotatable bonds is 6. The molecule has 1 fully saturated rings. The topological polar surface area (TPSA) is 49.4 Å². The van der Waals surface area contributed by atoms with E-state index in [0.29, 0.717) is 17.3 Å². The van der Waals surface area contributed by atoms with E-state index in [1.807, 2.05) is 13.0 Å². The molecule has 1 aromatic heterocycles. The number of nitrogens with one attached hydrogen (secondary N) is 1. The van der Waals surface area contributed by atoms with Crippen LogP contribution in [0.4, 0.5) is 0 Å². The van der Waals surface area contributed by atoms with Gasteiger partial charge in [0, 0.05) is 24.5 Å². The molecule has 1 aliphatic heterocycles. The van der Waals surface area contributed by atoms with Crippen LogP contribution in [0.5, 0.6) is 0 Å². The average Bonchev–Trinajstić information content (AvgIpc) is 2.94. The van der Waals surface area contributed by atoms with Crippen LogP contribution in [0.2, 0.25) is 0 Å². The van der Waals surface area contributed by atoms with Crippen molar-refractivity contribution in [3.05, 3.63) is 16.5 Å². The number of hydrogen-bond acceptors (Lipinski definition) is 4. The average molecular weight is 331 g/mol. The zero-order valence-electron chi connectivity index (χ0n) is 13.4. The third-order valence-electron chi connectivity index (χ3n) is 3.95. The highest BCUT2D eigenvalue weighted by molar-refractivity contribution is 7.91. The first-order chi connectivity index (χ1) is 9.76. The summed E-state index contributed by atoms with van der Waals surface area (Å²) in [6, 6.07) is 1.83. The summed E-state index contributed by atoms with van der Waals surface area (Å²) in [5, 5.41) is 3.34. The fraction of sp³-hybridized carbons (Fsp3) is 0.733. The van der Waals surface area contributed by atoms with E-state index < -0.39 is 10.0 Å². The lowest BCUT2D eigenvalue weighted by Crippen LogP contribution is -2.29. The SMILES string of the molecule is CCCNCc1sc(S(=O)(=O)N2CCC(C)(C)C2)cc1C. The molecule has 4 nitrogen and oxygen atoms in total. The number of aryl methyl sites for hydroxylation is 1. The van der Waals surface area contributed by atoms with Crippen molar-refractivity contribution >= 4 is 21.4 Å². The summed E-state index contributed by atoms with van der Waals surface area (Å²) < 4.78 is 27.6. The molecule has 120 valence electrons. The molecule has 1 aromatic rings. The standard InChI is InChI=1S/C15H26N2O2S2/c1-5-7-16-10-13-12(2)9-14(20-13)21(18,19)17-8-6-15(3,4)11-17/h9,16H,5-8,10-11H2,1-4H3. The van der Waals surface area contributed by atoms with Crippen LogP contribution in [0.15, 0.2) is 10.3 Å². The second kappa shape index (κ2) is 6.36. The van der Waals surface area contributed by atoms with Crippen molar-refractivity contribution in [1.82, 2.24) is 9.62 Å². The fourth-order valence-electron chi connectivity index (χ4n) is 2.57. The first kappa shape index (κ1) is 16.9. The van der Waals surface area contributed by atoms with Gasteiger partial charge in [0.1, 0.15) is 4.21 Å². The van der Waals surface area contributed by atoms with Crippen LogP contribution in [0.3, 0.4) is 0 Å². The van der Waals surface area contributed by atoms with Gasteiger partial charge in [0.25, 0.3) is 10.0 Å². The maximum Gasteiger partial charge on any atom is 0.252 e. The van der Waals surface area contributed by atoms with E-state index in [4.69, 9.17) is 0 Å².